The van der Waals surface area contributed by atoms with E-state index in [0.29, 0.717) is 0 Å². The molecule has 4 aromatic rings. The lowest BCUT2D eigenvalue weighted by Crippen LogP contribution is -2.44. The number of phenolic OH excluding ortho intramolecular Hbond substituents is 1. The van der Waals surface area contributed by atoms with E-state index in [4.69, 9.17) is 0 Å². The van der Waals surface area contributed by atoms with Crippen molar-refractivity contribution in [2.45, 2.75) is 13.5 Å². The highest BCUT2D eigenvalue weighted by Crippen LogP contribution is 2.26. The molecular formula is C25H27N7O4. The highest BCUT2D eigenvalue weighted by molar-refractivity contribution is 5.75. The Bertz CT molecular complexity index is 1550. The van der Waals surface area contributed by atoms with E-state index in [1.54, 1.807) is 0 Å². The molecular weight excluding hydrogens is 462 g/mol. The summed E-state index contributed by atoms with van der Waals surface area (Å²) in [7, 11) is 2.13. The van der Waals surface area contributed by atoms with Gasteiger partial charge in [0.05, 0.1) is 6.61 Å². The summed E-state index contributed by atoms with van der Waals surface area (Å²) in [5, 5.41) is 23.1. The van der Waals surface area contributed by atoms with Crippen molar-refractivity contribution in [3.63, 3.8) is 0 Å². The molecule has 1 aliphatic rings. The quantitative estimate of drug-likeness (QED) is 0.328. The number of piperazine rings is 1. The maximum Gasteiger partial charge on any atom is 0.334 e. The summed E-state index contributed by atoms with van der Waals surface area (Å²) in [6, 6.07) is 10.4. The summed E-state index contributed by atoms with van der Waals surface area (Å²) in [6.45, 7) is 5.59. The third-order valence-electron chi connectivity index (χ3n) is 6.44. The number of aromatic hydroxyl groups is 1. The molecule has 11 nitrogen and oxygen atoms in total. The lowest BCUT2D eigenvalue weighted by Gasteiger charge is -2.35. The third kappa shape index (κ3) is 4.30. The summed E-state index contributed by atoms with van der Waals surface area (Å²) in [5.41, 5.74) is 1.80. The molecule has 0 atom stereocenters. The van der Waals surface area contributed by atoms with Gasteiger partial charge in [-0.15, -0.1) is 0 Å². The number of aromatic amines is 1. The normalized spacial score (nSPS) is 14.4. The molecule has 186 valence electrons. The minimum atomic E-state index is -0.791. The number of H-pyrrole nitrogens is 1. The van der Waals surface area contributed by atoms with Crippen molar-refractivity contribution in [1.29, 1.82) is 0 Å². The van der Waals surface area contributed by atoms with E-state index in [-0.39, 0.29) is 34.0 Å². The van der Waals surface area contributed by atoms with Crippen LogP contribution < -0.4 is 21.5 Å². The first-order valence-electron chi connectivity index (χ1n) is 11.6. The van der Waals surface area contributed by atoms with Crippen LogP contribution in [-0.2, 0) is 6.61 Å². The van der Waals surface area contributed by atoms with Gasteiger partial charge in [-0.2, -0.15) is 4.98 Å². The van der Waals surface area contributed by atoms with Crippen LogP contribution in [0, 0.1) is 6.92 Å². The Morgan fingerprint density at radius 1 is 1.11 bits per heavy atom. The van der Waals surface area contributed by atoms with Crippen molar-refractivity contribution >= 4 is 28.4 Å². The number of nitrogens with one attached hydrogen (secondary N) is 2. The van der Waals surface area contributed by atoms with Crippen LogP contribution in [0.25, 0.3) is 16.7 Å². The molecule has 11 heteroatoms. The predicted octanol–water partition coefficient (Wildman–Crippen LogP) is 1.47. The Morgan fingerprint density at radius 2 is 1.89 bits per heavy atom. The van der Waals surface area contributed by atoms with Crippen LogP contribution in [0.1, 0.15) is 11.1 Å². The average molecular weight is 490 g/mol. The van der Waals surface area contributed by atoms with Gasteiger partial charge >= 0.3 is 5.69 Å². The summed E-state index contributed by atoms with van der Waals surface area (Å²) < 4.78 is 0.778. The minimum Gasteiger partial charge on any atom is -0.506 e. The number of aliphatic hydroxyl groups excluding tert-OH is 1. The van der Waals surface area contributed by atoms with E-state index in [0.717, 1.165) is 42.0 Å². The van der Waals surface area contributed by atoms with E-state index in [1.807, 2.05) is 12.1 Å². The molecule has 36 heavy (non-hydrogen) atoms. The fourth-order valence-corrected chi connectivity index (χ4v) is 4.49. The molecule has 0 radical (unpaired) electrons. The maximum atomic E-state index is 13.1. The number of hydrogen-bond donors (Lipinski definition) is 4. The zero-order chi connectivity index (χ0) is 25.4. The van der Waals surface area contributed by atoms with Crippen molar-refractivity contribution in [2.75, 3.05) is 43.4 Å². The van der Waals surface area contributed by atoms with Gasteiger partial charge < -0.3 is 25.3 Å². The number of aliphatic hydroxyl groups is 1. The second-order valence-electron chi connectivity index (χ2n) is 8.89. The molecule has 1 saturated heterocycles. The lowest BCUT2D eigenvalue weighted by molar-refractivity contribution is 0.280. The fourth-order valence-electron chi connectivity index (χ4n) is 4.49. The second-order valence-corrected chi connectivity index (χ2v) is 8.89. The topological polar surface area (TPSA) is 140 Å². The number of anilines is 3. The number of rotatable bonds is 5. The largest absolute Gasteiger partial charge is 0.506 e. The molecule has 4 N–H and O–H groups in total. The smallest absolute Gasteiger partial charge is 0.334 e. The first-order chi connectivity index (χ1) is 17.4. The standard InChI is InChI=1S/C25H27N7O4/c1-15-12-17(6-7-19(15)31-10-8-30(2)9-11-31)27-24-26-13-18-22(28-24)29-25(36)32(23(18)35)21-16(14-33)4-3-5-20(21)34/h3-7,12-13,33-34H,8-11,14H2,1-2H3,(H2,26,27,28,29,36). The molecule has 0 amide bonds. The van der Waals surface area contributed by atoms with E-state index in [1.165, 1.54) is 30.1 Å². The van der Waals surface area contributed by atoms with Crippen molar-refractivity contribution in [3.05, 3.63) is 74.6 Å². The Hall–Kier alpha value is -4.22. The van der Waals surface area contributed by atoms with Gasteiger partial charge in [0.1, 0.15) is 16.8 Å². The van der Waals surface area contributed by atoms with E-state index >= 15 is 0 Å². The number of benzene rings is 2. The van der Waals surface area contributed by atoms with Gasteiger partial charge in [-0.05, 0) is 43.8 Å². The fraction of sp³-hybridized carbons (Fsp3) is 0.280. The Balaban J connectivity index is 1.46. The highest BCUT2D eigenvalue weighted by Gasteiger charge is 2.18. The minimum absolute atomic E-state index is 0.0606. The Kier molecular flexibility index (Phi) is 6.17. The van der Waals surface area contributed by atoms with Crippen molar-refractivity contribution in [3.8, 4) is 11.4 Å². The van der Waals surface area contributed by atoms with Crippen LogP contribution in [0.5, 0.6) is 5.75 Å². The molecule has 3 heterocycles. The molecule has 2 aromatic heterocycles. The molecule has 0 unspecified atom stereocenters. The van der Waals surface area contributed by atoms with Gasteiger partial charge in [0.2, 0.25) is 5.95 Å². The zero-order valence-corrected chi connectivity index (χ0v) is 20.0. The van der Waals surface area contributed by atoms with Gasteiger partial charge in [-0.1, -0.05) is 12.1 Å². The highest BCUT2D eigenvalue weighted by atomic mass is 16.3. The number of nitrogens with zero attached hydrogens (tertiary/aromatic N) is 5. The van der Waals surface area contributed by atoms with Crippen LogP contribution in [0.2, 0.25) is 0 Å². The monoisotopic (exact) mass is 489 g/mol. The van der Waals surface area contributed by atoms with Gasteiger partial charge in [-0.3, -0.25) is 9.78 Å². The van der Waals surface area contributed by atoms with Gasteiger partial charge in [0.15, 0.2) is 5.65 Å². The number of fused-ring (bicyclic) bond motifs is 1. The number of likely N-dealkylation sites (N-methyl/N-ethyl adjacent to an activating group) is 1. The van der Waals surface area contributed by atoms with Crippen LogP contribution in [0.3, 0.4) is 0 Å². The third-order valence-corrected chi connectivity index (χ3v) is 6.44. The summed E-state index contributed by atoms with van der Waals surface area (Å²) in [4.78, 5) is 41.8. The number of aromatic nitrogens is 4. The van der Waals surface area contributed by atoms with Crippen molar-refractivity contribution < 1.29 is 10.2 Å². The van der Waals surface area contributed by atoms with E-state index in [2.05, 4.69) is 50.1 Å². The first kappa shape index (κ1) is 23.5. The molecule has 0 spiro atoms. The van der Waals surface area contributed by atoms with Gasteiger partial charge in [0, 0.05) is 49.3 Å². The SMILES string of the molecule is Cc1cc(Nc2ncc3c(=O)n(-c4c(O)cccc4CO)c(=O)[nH]c3n2)ccc1N1CCN(C)CC1. The predicted molar refractivity (Wildman–Crippen MR) is 138 cm³/mol. The second kappa shape index (κ2) is 9.44. The number of para-hydroxylation sites is 1. The van der Waals surface area contributed by atoms with Crippen LogP contribution in [0.15, 0.2) is 52.2 Å². The van der Waals surface area contributed by atoms with Crippen molar-refractivity contribution in [1.82, 2.24) is 24.4 Å². The Morgan fingerprint density at radius 3 is 2.61 bits per heavy atom. The van der Waals surface area contributed by atoms with Crippen LogP contribution >= 0.6 is 0 Å². The number of aryl methyl sites for hydroxylation is 1. The number of hydrogen-bond acceptors (Lipinski definition) is 9. The Labute approximate surface area is 206 Å². The summed E-state index contributed by atoms with van der Waals surface area (Å²) >= 11 is 0. The van der Waals surface area contributed by atoms with Crippen LogP contribution in [0.4, 0.5) is 17.3 Å². The molecule has 1 fully saturated rings. The van der Waals surface area contributed by atoms with Crippen molar-refractivity contribution in [2.24, 2.45) is 0 Å². The van der Waals surface area contributed by atoms with E-state index < -0.39 is 17.9 Å². The molecule has 0 bridgehead atoms. The maximum absolute atomic E-state index is 13.1. The molecule has 0 saturated carbocycles. The zero-order valence-electron chi connectivity index (χ0n) is 20.0. The molecule has 2 aromatic carbocycles. The summed E-state index contributed by atoms with van der Waals surface area (Å²) in [6.07, 6.45) is 1.32. The average Bonchev–Trinajstić information content (AvgIpc) is 2.85. The van der Waals surface area contributed by atoms with E-state index in [9.17, 15) is 19.8 Å². The first-order valence-corrected chi connectivity index (χ1v) is 11.6. The van der Waals surface area contributed by atoms with Gasteiger partial charge in [-0.25, -0.2) is 14.3 Å². The molecule has 1 aliphatic heterocycles. The van der Waals surface area contributed by atoms with Gasteiger partial charge in [0.25, 0.3) is 5.56 Å². The molecule has 0 aliphatic carbocycles. The lowest BCUT2D eigenvalue weighted by atomic mass is 10.1. The molecule has 5 rings (SSSR count). The number of phenols is 1. The van der Waals surface area contributed by atoms with Crippen LogP contribution in [-0.4, -0.2) is 67.9 Å². The summed E-state index contributed by atoms with van der Waals surface area (Å²) in [5.74, 6) is -0.0799.